The quantitative estimate of drug-likeness (QED) is 0.746. The summed E-state index contributed by atoms with van der Waals surface area (Å²) in [7, 11) is 0. The predicted molar refractivity (Wildman–Crippen MR) is 86.2 cm³/mol. The van der Waals surface area contributed by atoms with Gasteiger partial charge in [0.25, 0.3) is 0 Å². The van der Waals surface area contributed by atoms with Crippen LogP contribution in [-0.4, -0.2) is 55.3 Å². The molecule has 1 atom stereocenters. The number of carbonyl (C=O) groups excluding carboxylic acids is 1. The Bertz CT molecular complexity index is 484. The van der Waals surface area contributed by atoms with Crippen LogP contribution in [0.25, 0.3) is 0 Å². The normalized spacial score (nSPS) is 18.9. The molecule has 1 aliphatic heterocycles. The number of carbonyl (C=O) groups is 1. The van der Waals surface area contributed by atoms with Crippen molar-refractivity contribution < 1.29 is 14.6 Å². The second-order valence-electron chi connectivity index (χ2n) is 5.58. The number of rotatable bonds is 7. The summed E-state index contributed by atoms with van der Waals surface area (Å²) in [5.41, 5.74) is 0. The first kappa shape index (κ1) is 17.1. The van der Waals surface area contributed by atoms with Crippen LogP contribution in [0.15, 0.2) is 24.3 Å². The summed E-state index contributed by atoms with van der Waals surface area (Å²) < 4.78 is 5.52. The fourth-order valence-corrected chi connectivity index (χ4v) is 2.80. The molecule has 1 aliphatic rings. The van der Waals surface area contributed by atoms with E-state index in [1.807, 2.05) is 12.1 Å². The van der Waals surface area contributed by atoms with Crippen LogP contribution in [-0.2, 0) is 4.79 Å². The van der Waals surface area contributed by atoms with Crippen LogP contribution < -0.4 is 10.1 Å². The zero-order chi connectivity index (χ0) is 15.8. The maximum atomic E-state index is 11.9. The van der Waals surface area contributed by atoms with Crippen molar-refractivity contribution in [2.24, 2.45) is 5.92 Å². The van der Waals surface area contributed by atoms with Crippen molar-refractivity contribution in [3.63, 3.8) is 0 Å². The minimum atomic E-state index is -0.00622. The largest absolute Gasteiger partial charge is 0.492 e. The Morgan fingerprint density at radius 3 is 3.14 bits per heavy atom. The SMILES string of the molecule is O=C(CN1CCCC(CO)C1)NCCOc1cccc(Cl)c1. The molecule has 1 fully saturated rings. The van der Waals surface area contributed by atoms with Gasteiger partial charge in [-0.1, -0.05) is 17.7 Å². The Balaban J connectivity index is 1.61. The van der Waals surface area contributed by atoms with Crippen molar-refractivity contribution in [3.8, 4) is 5.75 Å². The van der Waals surface area contributed by atoms with Crippen LogP contribution in [0, 0.1) is 5.92 Å². The molecule has 1 heterocycles. The van der Waals surface area contributed by atoms with Gasteiger partial charge in [0.2, 0.25) is 5.91 Å². The molecular formula is C16H23ClN2O3. The first-order chi connectivity index (χ1) is 10.7. The second kappa shape index (κ2) is 8.98. The van der Waals surface area contributed by atoms with Crippen LogP contribution >= 0.6 is 11.6 Å². The van der Waals surface area contributed by atoms with Crippen LogP contribution in [0.1, 0.15) is 12.8 Å². The van der Waals surface area contributed by atoms with E-state index < -0.39 is 0 Å². The average molecular weight is 327 g/mol. The lowest BCUT2D eigenvalue weighted by Gasteiger charge is -2.31. The van der Waals surface area contributed by atoms with Crippen LogP contribution in [0.4, 0.5) is 0 Å². The highest BCUT2D eigenvalue weighted by atomic mass is 35.5. The van der Waals surface area contributed by atoms with Gasteiger partial charge in [-0.05, 0) is 43.5 Å². The first-order valence-corrected chi connectivity index (χ1v) is 8.03. The Hall–Kier alpha value is -1.30. The first-order valence-electron chi connectivity index (χ1n) is 7.65. The number of benzene rings is 1. The number of aliphatic hydroxyl groups excluding tert-OH is 1. The van der Waals surface area contributed by atoms with E-state index in [0.29, 0.717) is 36.4 Å². The molecule has 6 heteroatoms. The van der Waals surface area contributed by atoms with Gasteiger partial charge in [-0.3, -0.25) is 9.69 Å². The van der Waals surface area contributed by atoms with Gasteiger partial charge in [0, 0.05) is 18.2 Å². The number of hydrogen-bond acceptors (Lipinski definition) is 4. The topological polar surface area (TPSA) is 61.8 Å². The van der Waals surface area contributed by atoms with Gasteiger partial charge < -0.3 is 15.2 Å². The van der Waals surface area contributed by atoms with Crippen molar-refractivity contribution in [1.82, 2.24) is 10.2 Å². The van der Waals surface area contributed by atoms with Gasteiger partial charge in [0.05, 0.1) is 13.1 Å². The lowest BCUT2D eigenvalue weighted by atomic mass is 9.99. The zero-order valence-electron chi connectivity index (χ0n) is 12.6. The Labute approximate surface area is 136 Å². The lowest BCUT2D eigenvalue weighted by Crippen LogP contribution is -2.43. The number of likely N-dealkylation sites (tertiary alicyclic amines) is 1. The molecule has 1 amide bonds. The van der Waals surface area contributed by atoms with E-state index in [4.69, 9.17) is 16.3 Å². The van der Waals surface area contributed by atoms with Gasteiger partial charge in [0.1, 0.15) is 12.4 Å². The summed E-state index contributed by atoms with van der Waals surface area (Å²) in [6.07, 6.45) is 2.08. The molecule has 0 aromatic heterocycles. The molecule has 0 radical (unpaired) electrons. The number of halogens is 1. The number of amides is 1. The van der Waals surface area contributed by atoms with Gasteiger partial charge in [-0.2, -0.15) is 0 Å². The molecule has 0 aliphatic carbocycles. The summed E-state index contributed by atoms with van der Waals surface area (Å²) >= 11 is 5.87. The van der Waals surface area contributed by atoms with E-state index in [9.17, 15) is 9.90 Å². The number of hydrogen-bond donors (Lipinski definition) is 2. The van der Waals surface area contributed by atoms with Crippen LogP contribution in [0.2, 0.25) is 5.02 Å². The molecule has 22 heavy (non-hydrogen) atoms. The Morgan fingerprint density at radius 2 is 2.36 bits per heavy atom. The molecule has 1 aromatic carbocycles. The highest BCUT2D eigenvalue weighted by molar-refractivity contribution is 6.30. The highest BCUT2D eigenvalue weighted by Crippen LogP contribution is 2.17. The number of nitrogens with zero attached hydrogens (tertiary/aromatic N) is 1. The van der Waals surface area contributed by atoms with E-state index in [1.54, 1.807) is 12.1 Å². The highest BCUT2D eigenvalue weighted by Gasteiger charge is 2.20. The summed E-state index contributed by atoms with van der Waals surface area (Å²) in [5, 5.41) is 12.7. The minimum Gasteiger partial charge on any atom is -0.492 e. The second-order valence-corrected chi connectivity index (χ2v) is 6.02. The van der Waals surface area contributed by atoms with E-state index in [1.165, 1.54) is 0 Å². The van der Waals surface area contributed by atoms with Gasteiger partial charge >= 0.3 is 0 Å². The van der Waals surface area contributed by atoms with Crippen molar-refractivity contribution in [2.75, 3.05) is 39.4 Å². The number of aliphatic hydroxyl groups is 1. The fourth-order valence-electron chi connectivity index (χ4n) is 2.62. The molecule has 122 valence electrons. The number of nitrogens with one attached hydrogen (secondary N) is 1. The average Bonchev–Trinajstić information content (AvgIpc) is 2.52. The maximum Gasteiger partial charge on any atom is 0.234 e. The van der Waals surface area contributed by atoms with Crippen LogP contribution in [0.5, 0.6) is 5.75 Å². The summed E-state index contributed by atoms with van der Waals surface area (Å²) in [6.45, 7) is 3.17. The van der Waals surface area contributed by atoms with Gasteiger partial charge in [0.15, 0.2) is 0 Å². The van der Waals surface area contributed by atoms with E-state index in [-0.39, 0.29) is 12.5 Å². The van der Waals surface area contributed by atoms with Gasteiger partial charge in [-0.15, -0.1) is 0 Å². The van der Waals surface area contributed by atoms with Crippen molar-refractivity contribution in [2.45, 2.75) is 12.8 Å². The van der Waals surface area contributed by atoms with Crippen molar-refractivity contribution >= 4 is 17.5 Å². The molecule has 1 aromatic rings. The molecule has 0 bridgehead atoms. The molecular weight excluding hydrogens is 304 g/mol. The smallest absolute Gasteiger partial charge is 0.234 e. The third-order valence-electron chi connectivity index (χ3n) is 3.72. The Kier molecular flexibility index (Phi) is 6.96. The lowest BCUT2D eigenvalue weighted by molar-refractivity contribution is -0.122. The van der Waals surface area contributed by atoms with E-state index in [0.717, 1.165) is 25.9 Å². The zero-order valence-corrected chi connectivity index (χ0v) is 13.4. The number of piperidine rings is 1. The molecule has 5 nitrogen and oxygen atoms in total. The monoisotopic (exact) mass is 326 g/mol. The number of ether oxygens (including phenoxy) is 1. The molecule has 1 unspecified atom stereocenters. The van der Waals surface area contributed by atoms with Crippen molar-refractivity contribution in [1.29, 1.82) is 0 Å². The molecule has 0 saturated carbocycles. The van der Waals surface area contributed by atoms with Crippen molar-refractivity contribution in [3.05, 3.63) is 29.3 Å². The molecule has 2 rings (SSSR count). The minimum absolute atomic E-state index is 0.00622. The summed E-state index contributed by atoms with van der Waals surface area (Å²) in [4.78, 5) is 14.0. The Morgan fingerprint density at radius 1 is 1.50 bits per heavy atom. The van der Waals surface area contributed by atoms with Gasteiger partial charge in [-0.25, -0.2) is 0 Å². The summed E-state index contributed by atoms with van der Waals surface area (Å²) in [5.74, 6) is 0.990. The third kappa shape index (κ3) is 5.83. The fraction of sp³-hybridized carbons (Fsp3) is 0.562. The third-order valence-corrected chi connectivity index (χ3v) is 3.95. The van der Waals surface area contributed by atoms with E-state index in [2.05, 4.69) is 10.2 Å². The maximum absolute atomic E-state index is 11.9. The molecule has 0 spiro atoms. The summed E-state index contributed by atoms with van der Waals surface area (Å²) in [6, 6.07) is 7.18. The predicted octanol–water partition coefficient (Wildman–Crippen LogP) is 1.54. The van der Waals surface area contributed by atoms with Crippen LogP contribution in [0.3, 0.4) is 0 Å². The molecule has 1 saturated heterocycles. The van der Waals surface area contributed by atoms with E-state index >= 15 is 0 Å². The molecule has 2 N–H and O–H groups in total. The standard InChI is InChI=1S/C16H23ClN2O3/c17-14-4-1-5-15(9-14)22-8-6-18-16(21)11-19-7-2-3-13(10-19)12-20/h1,4-5,9,13,20H,2-3,6-8,10-12H2,(H,18,21).